The minimum Gasteiger partial charge on any atom is -0.355 e. The van der Waals surface area contributed by atoms with Crippen LogP contribution >= 0.6 is 11.6 Å². The number of rotatable bonds is 2. The van der Waals surface area contributed by atoms with Crippen molar-refractivity contribution in [3.63, 3.8) is 0 Å². The molecule has 2 N–H and O–H groups in total. The second-order valence-electron chi connectivity index (χ2n) is 9.19. The summed E-state index contributed by atoms with van der Waals surface area (Å²) in [5.74, 6) is 1.49. The van der Waals surface area contributed by atoms with E-state index >= 15 is 0 Å². The van der Waals surface area contributed by atoms with Gasteiger partial charge in [0.05, 0.1) is 16.9 Å². The Morgan fingerprint density at radius 3 is 2.76 bits per heavy atom. The Bertz CT molecular complexity index is 1370. The molecular formula is C25H24ClFN6. The second kappa shape index (κ2) is 7.50. The van der Waals surface area contributed by atoms with E-state index in [0.717, 1.165) is 71.9 Å². The number of aromatic nitrogens is 4. The molecular weight excluding hydrogens is 439 g/mol. The van der Waals surface area contributed by atoms with Gasteiger partial charge in [-0.15, -0.1) is 0 Å². The fourth-order valence-corrected chi connectivity index (χ4v) is 5.78. The molecule has 1 aromatic carbocycles. The summed E-state index contributed by atoms with van der Waals surface area (Å²) in [6, 6.07) is 6.86. The van der Waals surface area contributed by atoms with Crippen LogP contribution in [0.3, 0.4) is 0 Å². The zero-order valence-electron chi connectivity index (χ0n) is 18.3. The molecule has 1 aliphatic heterocycles. The summed E-state index contributed by atoms with van der Waals surface area (Å²) < 4.78 is 15.8. The fourth-order valence-electron chi connectivity index (χ4n) is 5.58. The molecule has 6 nitrogen and oxygen atoms in total. The van der Waals surface area contributed by atoms with Gasteiger partial charge in [-0.2, -0.15) is 0 Å². The van der Waals surface area contributed by atoms with E-state index < -0.39 is 0 Å². The third-order valence-corrected chi connectivity index (χ3v) is 7.92. The average molecular weight is 463 g/mol. The van der Waals surface area contributed by atoms with Gasteiger partial charge in [0.15, 0.2) is 5.82 Å². The molecule has 0 radical (unpaired) electrons. The van der Waals surface area contributed by atoms with Crippen molar-refractivity contribution in [2.75, 3.05) is 18.0 Å². The molecule has 2 aliphatic rings. The Kier molecular flexibility index (Phi) is 4.67. The first-order valence-corrected chi connectivity index (χ1v) is 11.6. The van der Waals surface area contributed by atoms with Crippen molar-refractivity contribution in [2.24, 2.45) is 11.1 Å². The Morgan fingerprint density at radius 2 is 1.94 bits per heavy atom. The minimum atomic E-state index is -0.188. The van der Waals surface area contributed by atoms with Gasteiger partial charge in [-0.3, -0.25) is 9.38 Å². The molecule has 1 aliphatic carbocycles. The maximum absolute atomic E-state index is 13.8. The predicted octanol–water partition coefficient (Wildman–Crippen LogP) is 4.73. The van der Waals surface area contributed by atoms with Gasteiger partial charge in [0.1, 0.15) is 17.2 Å². The van der Waals surface area contributed by atoms with E-state index in [2.05, 4.69) is 14.9 Å². The van der Waals surface area contributed by atoms with E-state index in [-0.39, 0.29) is 17.3 Å². The molecule has 1 unspecified atom stereocenters. The lowest BCUT2D eigenvalue weighted by Crippen LogP contribution is -2.44. The lowest BCUT2D eigenvalue weighted by atomic mass is 9.73. The molecule has 1 fully saturated rings. The van der Waals surface area contributed by atoms with Crippen LogP contribution in [-0.2, 0) is 6.42 Å². The van der Waals surface area contributed by atoms with Gasteiger partial charge in [0.2, 0.25) is 0 Å². The van der Waals surface area contributed by atoms with Crippen LogP contribution in [0.15, 0.2) is 49.1 Å². The number of imidazole rings is 1. The first-order valence-electron chi connectivity index (χ1n) is 11.2. The molecule has 4 aromatic rings. The number of nitrogens with zero attached hydrogens (tertiary/aromatic N) is 5. The molecule has 1 saturated heterocycles. The summed E-state index contributed by atoms with van der Waals surface area (Å²) in [5.41, 5.74) is 11.4. The maximum Gasteiger partial charge on any atom is 0.154 e. The average Bonchev–Trinajstić information content (AvgIpc) is 3.35. The van der Waals surface area contributed by atoms with Crippen molar-refractivity contribution in [1.82, 2.24) is 19.4 Å². The highest BCUT2D eigenvalue weighted by Crippen LogP contribution is 2.51. The number of fused-ring (bicyclic) bond motifs is 2. The summed E-state index contributed by atoms with van der Waals surface area (Å²) in [4.78, 5) is 15.9. The number of aryl methyl sites for hydroxylation is 1. The molecule has 33 heavy (non-hydrogen) atoms. The highest BCUT2D eigenvalue weighted by atomic mass is 35.5. The van der Waals surface area contributed by atoms with Gasteiger partial charge in [-0.25, -0.2) is 14.4 Å². The largest absolute Gasteiger partial charge is 0.355 e. The quantitative estimate of drug-likeness (QED) is 0.466. The number of pyridine rings is 1. The van der Waals surface area contributed by atoms with Crippen molar-refractivity contribution in [1.29, 1.82) is 0 Å². The van der Waals surface area contributed by atoms with E-state index in [1.807, 2.05) is 35.9 Å². The minimum absolute atomic E-state index is 0.0226. The van der Waals surface area contributed by atoms with Crippen molar-refractivity contribution < 1.29 is 4.39 Å². The topological polar surface area (TPSA) is 72.3 Å². The van der Waals surface area contributed by atoms with Crippen molar-refractivity contribution in [3.8, 4) is 11.4 Å². The van der Waals surface area contributed by atoms with Crippen molar-refractivity contribution in [2.45, 2.75) is 32.2 Å². The lowest BCUT2D eigenvalue weighted by molar-refractivity contribution is 0.187. The molecule has 6 rings (SSSR count). The monoisotopic (exact) mass is 462 g/mol. The van der Waals surface area contributed by atoms with Gasteiger partial charge >= 0.3 is 0 Å². The Morgan fingerprint density at radius 1 is 1.12 bits per heavy atom. The Hall–Kier alpha value is -3.03. The van der Waals surface area contributed by atoms with Gasteiger partial charge in [0, 0.05) is 43.3 Å². The molecule has 3 aromatic heterocycles. The summed E-state index contributed by atoms with van der Waals surface area (Å²) in [5, 5.41) is 0.606. The van der Waals surface area contributed by atoms with E-state index in [4.69, 9.17) is 22.3 Å². The van der Waals surface area contributed by atoms with E-state index in [0.29, 0.717) is 5.02 Å². The molecule has 4 heterocycles. The van der Waals surface area contributed by atoms with Crippen molar-refractivity contribution >= 4 is 22.9 Å². The second-order valence-corrected chi connectivity index (χ2v) is 9.57. The van der Waals surface area contributed by atoms with Crippen LogP contribution in [0.4, 0.5) is 10.2 Å². The number of nitrogens with two attached hydrogens (primary N) is 1. The molecule has 1 spiro atoms. The molecule has 168 valence electrons. The third kappa shape index (κ3) is 3.14. The Balaban J connectivity index is 1.30. The first kappa shape index (κ1) is 20.6. The molecule has 8 heteroatoms. The van der Waals surface area contributed by atoms with Crippen LogP contribution in [0.25, 0.3) is 16.9 Å². The van der Waals surface area contributed by atoms with Gasteiger partial charge in [-0.05, 0) is 60.9 Å². The first-order chi connectivity index (χ1) is 16.0. The third-order valence-electron chi connectivity index (χ3n) is 7.44. The summed E-state index contributed by atoms with van der Waals surface area (Å²) in [7, 11) is 0. The summed E-state index contributed by atoms with van der Waals surface area (Å²) in [6.07, 6.45) is 10.0. The normalized spacial score (nSPS) is 19.4. The number of benzene rings is 1. The van der Waals surface area contributed by atoms with Crippen LogP contribution in [0.2, 0.25) is 5.02 Å². The zero-order chi connectivity index (χ0) is 22.7. The van der Waals surface area contributed by atoms with Crippen LogP contribution < -0.4 is 10.6 Å². The lowest BCUT2D eigenvalue weighted by Gasteiger charge is -2.42. The smallest absolute Gasteiger partial charge is 0.154 e. The number of anilines is 1. The summed E-state index contributed by atoms with van der Waals surface area (Å²) >= 11 is 6.53. The zero-order valence-corrected chi connectivity index (χ0v) is 19.1. The molecule has 0 bridgehead atoms. The van der Waals surface area contributed by atoms with Crippen LogP contribution in [0.1, 0.15) is 35.7 Å². The van der Waals surface area contributed by atoms with Crippen LogP contribution in [-0.4, -0.2) is 32.4 Å². The number of hydrogen-bond donors (Lipinski definition) is 1. The highest BCUT2D eigenvalue weighted by molar-refractivity contribution is 6.33. The van der Waals surface area contributed by atoms with Crippen molar-refractivity contribution in [3.05, 3.63) is 76.7 Å². The molecule has 0 saturated carbocycles. The molecule has 1 atom stereocenters. The molecule has 0 amide bonds. The van der Waals surface area contributed by atoms with Crippen LogP contribution in [0.5, 0.6) is 0 Å². The van der Waals surface area contributed by atoms with Gasteiger partial charge < -0.3 is 10.6 Å². The number of halogens is 2. The number of hydrogen-bond acceptors (Lipinski definition) is 5. The van der Waals surface area contributed by atoms with E-state index in [1.165, 1.54) is 6.07 Å². The number of piperidine rings is 1. The van der Waals surface area contributed by atoms with Gasteiger partial charge in [0.25, 0.3) is 0 Å². The van der Waals surface area contributed by atoms with E-state index in [1.54, 1.807) is 18.5 Å². The standard InChI is InChI=1S/C25H24ClFN6/c1-15-21(26)19(4-7-29-15)23-31-14-20-24(30-8-11-33(20)23)32-9-5-25(6-10-32)13-16-12-17(27)2-3-18(16)22(25)28/h2-4,7-8,11-12,14,22H,5-6,9-10,13,28H2,1H3. The highest BCUT2D eigenvalue weighted by Gasteiger charge is 2.46. The van der Waals surface area contributed by atoms with Gasteiger partial charge in [-0.1, -0.05) is 17.7 Å². The van der Waals surface area contributed by atoms with Crippen LogP contribution in [0, 0.1) is 18.2 Å². The van der Waals surface area contributed by atoms with E-state index in [9.17, 15) is 4.39 Å². The summed E-state index contributed by atoms with van der Waals surface area (Å²) in [6.45, 7) is 3.57. The fraction of sp³-hybridized carbons (Fsp3) is 0.320. The predicted molar refractivity (Wildman–Crippen MR) is 127 cm³/mol. The maximum atomic E-state index is 13.8. The Labute approximate surface area is 196 Å². The SMILES string of the molecule is Cc1nccc(-c2ncc3c(N4CCC5(CC4)Cc4cc(F)ccc4C5N)nccn23)c1Cl.